The number of carbonyl (C=O) groups is 1. The molecule has 5 nitrogen and oxygen atoms in total. The lowest BCUT2D eigenvalue weighted by Crippen LogP contribution is -2.50. The van der Waals surface area contributed by atoms with Crippen molar-refractivity contribution in [3.8, 4) is 0 Å². The third kappa shape index (κ3) is 2.50. The lowest BCUT2D eigenvalue weighted by atomic mass is 10.0. The summed E-state index contributed by atoms with van der Waals surface area (Å²) in [7, 11) is -3.76. The Balaban J connectivity index is 2.45. The van der Waals surface area contributed by atoms with E-state index in [2.05, 4.69) is 22.6 Å². The van der Waals surface area contributed by atoms with Gasteiger partial charge in [-0.05, 0) is 66.6 Å². The van der Waals surface area contributed by atoms with Gasteiger partial charge in [-0.2, -0.15) is 4.31 Å². The zero-order valence-electron chi connectivity index (χ0n) is 10.3. The van der Waals surface area contributed by atoms with Gasteiger partial charge in [0.05, 0.1) is 4.90 Å². The van der Waals surface area contributed by atoms with Gasteiger partial charge in [-0.3, -0.25) is 4.79 Å². The van der Waals surface area contributed by atoms with Crippen LogP contribution >= 0.6 is 22.6 Å². The highest BCUT2D eigenvalue weighted by Crippen LogP contribution is 2.34. The van der Waals surface area contributed by atoms with Crippen molar-refractivity contribution in [1.29, 1.82) is 0 Å². The normalized spacial score (nSPS) is 24.5. The molecule has 1 unspecified atom stereocenters. The Morgan fingerprint density at radius 1 is 1.37 bits per heavy atom. The first-order chi connectivity index (χ1) is 8.78. The second-order valence-electron chi connectivity index (χ2n) is 4.71. The van der Waals surface area contributed by atoms with E-state index in [9.17, 15) is 18.3 Å². The van der Waals surface area contributed by atoms with Gasteiger partial charge in [0, 0.05) is 10.1 Å². The number of rotatable bonds is 3. The van der Waals surface area contributed by atoms with Crippen molar-refractivity contribution in [3.05, 3.63) is 27.8 Å². The van der Waals surface area contributed by atoms with Gasteiger partial charge in [0.15, 0.2) is 0 Å². The Morgan fingerprint density at radius 2 is 1.95 bits per heavy atom. The van der Waals surface area contributed by atoms with E-state index in [4.69, 9.17) is 0 Å². The Bertz CT molecular complexity index is 599. The average Bonchev–Trinajstić information content (AvgIpc) is 2.74. The first-order valence-electron chi connectivity index (χ1n) is 5.80. The largest absolute Gasteiger partial charge is 0.480 e. The van der Waals surface area contributed by atoms with Crippen LogP contribution in [0.3, 0.4) is 0 Å². The molecule has 7 heteroatoms. The summed E-state index contributed by atoms with van der Waals surface area (Å²) < 4.78 is 27.1. The first kappa shape index (κ1) is 14.7. The molecule has 1 aromatic carbocycles. The van der Waals surface area contributed by atoms with Crippen molar-refractivity contribution < 1.29 is 18.3 Å². The molecule has 2 rings (SSSR count). The molecule has 0 bridgehead atoms. The lowest BCUT2D eigenvalue weighted by Gasteiger charge is -2.30. The third-order valence-corrected chi connectivity index (χ3v) is 6.19. The van der Waals surface area contributed by atoms with Gasteiger partial charge in [0.1, 0.15) is 5.54 Å². The number of hydrogen-bond acceptors (Lipinski definition) is 3. The molecule has 0 radical (unpaired) electrons. The van der Waals surface area contributed by atoms with Gasteiger partial charge >= 0.3 is 5.97 Å². The van der Waals surface area contributed by atoms with Crippen LogP contribution < -0.4 is 0 Å². The highest BCUT2D eigenvalue weighted by Gasteiger charge is 2.49. The Labute approximate surface area is 125 Å². The number of nitrogens with zero attached hydrogens (tertiary/aromatic N) is 1. The number of sulfonamides is 1. The van der Waals surface area contributed by atoms with E-state index < -0.39 is 21.5 Å². The van der Waals surface area contributed by atoms with Gasteiger partial charge in [-0.1, -0.05) is 0 Å². The molecule has 0 aliphatic carbocycles. The van der Waals surface area contributed by atoms with Crippen molar-refractivity contribution in [1.82, 2.24) is 4.31 Å². The maximum atomic E-state index is 12.5. The number of carboxylic acid groups (broad SMARTS) is 1. The summed E-state index contributed by atoms with van der Waals surface area (Å²) >= 11 is 2.09. The molecular weight excluding hydrogens is 381 g/mol. The van der Waals surface area contributed by atoms with Crippen LogP contribution in [-0.4, -0.2) is 35.9 Å². The van der Waals surface area contributed by atoms with Crippen LogP contribution in [0.2, 0.25) is 0 Å². The van der Waals surface area contributed by atoms with E-state index in [0.29, 0.717) is 12.8 Å². The van der Waals surface area contributed by atoms with Crippen LogP contribution in [0.25, 0.3) is 0 Å². The SMILES string of the molecule is CC1(C(=O)O)CCCN1S(=O)(=O)c1ccc(I)cc1. The van der Waals surface area contributed by atoms with E-state index >= 15 is 0 Å². The fourth-order valence-electron chi connectivity index (χ4n) is 2.27. The van der Waals surface area contributed by atoms with Crippen molar-refractivity contribution in [3.63, 3.8) is 0 Å². The van der Waals surface area contributed by atoms with E-state index in [1.807, 2.05) is 0 Å². The molecular formula is C12H14INO4S. The Hall–Kier alpha value is -0.670. The zero-order chi connectivity index (χ0) is 14.3. The molecule has 1 aromatic rings. The molecule has 0 spiro atoms. The van der Waals surface area contributed by atoms with Gasteiger partial charge in [-0.25, -0.2) is 8.42 Å². The van der Waals surface area contributed by atoms with E-state index in [0.717, 1.165) is 7.88 Å². The highest BCUT2D eigenvalue weighted by molar-refractivity contribution is 14.1. The standard InChI is InChI=1S/C12H14INO4S/c1-12(11(15)16)7-2-8-14(12)19(17,18)10-5-3-9(13)4-6-10/h3-6H,2,7-8H2,1H3,(H,15,16). The van der Waals surface area contributed by atoms with Crippen LogP contribution in [-0.2, 0) is 14.8 Å². The predicted molar refractivity (Wildman–Crippen MR) is 78.3 cm³/mol. The average molecular weight is 395 g/mol. The number of hydrogen-bond donors (Lipinski definition) is 1. The van der Waals surface area contributed by atoms with Crippen molar-refractivity contribution >= 4 is 38.6 Å². The molecule has 1 saturated heterocycles. The topological polar surface area (TPSA) is 74.7 Å². The monoisotopic (exact) mass is 395 g/mol. The van der Waals surface area contributed by atoms with Gasteiger partial charge in [-0.15, -0.1) is 0 Å². The van der Waals surface area contributed by atoms with Gasteiger partial charge < -0.3 is 5.11 Å². The minimum absolute atomic E-state index is 0.141. The van der Waals surface area contributed by atoms with Crippen LogP contribution in [0.4, 0.5) is 0 Å². The van der Waals surface area contributed by atoms with Crippen LogP contribution in [0.15, 0.2) is 29.2 Å². The Kier molecular flexibility index (Phi) is 3.90. The fourth-order valence-corrected chi connectivity index (χ4v) is 4.43. The fraction of sp³-hybridized carbons (Fsp3) is 0.417. The minimum Gasteiger partial charge on any atom is -0.480 e. The zero-order valence-corrected chi connectivity index (χ0v) is 13.3. The molecule has 0 aromatic heterocycles. The number of halogens is 1. The maximum absolute atomic E-state index is 12.5. The number of carboxylic acids is 1. The van der Waals surface area contributed by atoms with E-state index in [-0.39, 0.29) is 11.4 Å². The second-order valence-corrected chi connectivity index (χ2v) is 7.82. The molecule has 1 atom stereocenters. The molecule has 0 saturated carbocycles. The van der Waals surface area contributed by atoms with Gasteiger partial charge in [0.2, 0.25) is 10.0 Å². The van der Waals surface area contributed by atoms with E-state index in [1.54, 1.807) is 12.1 Å². The molecule has 1 heterocycles. The summed E-state index contributed by atoms with van der Waals surface area (Å²) in [5.41, 5.74) is -1.35. The summed E-state index contributed by atoms with van der Waals surface area (Å²) in [5.74, 6) is -1.10. The second kappa shape index (κ2) is 5.02. The van der Waals surface area contributed by atoms with Crippen LogP contribution in [0.5, 0.6) is 0 Å². The smallest absolute Gasteiger partial charge is 0.324 e. The predicted octanol–water partition coefficient (Wildman–Crippen LogP) is 1.92. The summed E-state index contributed by atoms with van der Waals surface area (Å²) in [4.78, 5) is 11.5. The summed E-state index contributed by atoms with van der Waals surface area (Å²) in [6.45, 7) is 1.71. The molecule has 104 valence electrons. The summed E-state index contributed by atoms with van der Waals surface area (Å²) in [5, 5.41) is 9.29. The molecule has 1 aliphatic rings. The van der Waals surface area contributed by atoms with Crippen molar-refractivity contribution in [2.45, 2.75) is 30.2 Å². The van der Waals surface area contributed by atoms with Crippen molar-refractivity contribution in [2.75, 3.05) is 6.54 Å². The Morgan fingerprint density at radius 3 is 2.47 bits per heavy atom. The first-order valence-corrected chi connectivity index (χ1v) is 8.32. The number of aliphatic carboxylic acids is 1. The van der Waals surface area contributed by atoms with E-state index in [1.165, 1.54) is 19.1 Å². The van der Waals surface area contributed by atoms with Crippen molar-refractivity contribution in [2.24, 2.45) is 0 Å². The summed E-state index contributed by atoms with van der Waals surface area (Å²) in [6, 6.07) is 6.42. The highest BCUT2D eigenvalue weighted by atomic mass is 127. The summed E-state index contributed by atoms with van der Waals surface area (Å²) in [6.07, 6.45) is 0.901. The molecule has 1 aliphatic heterocycles. The lowest BCUT2D eigenvalue weighted by molar-refractivity contribution is -0.146. The molecule has 1 fully saturated rings. The molecule has 0 amide bonds. The van der Waals surface area contributed by atoms with Gasteiger partial charge in [0.25, 0.3) is 0 Å². The number of benzene rings is 1. The molecule has 19 heavy (non-hydrogen) atoms. The molecule has 1 N–H and O–H groups in total. The quantitative estimate of drug-likeness (QED) is 0.794. The van der Waals surface area contributed by atoms with Crippen LogP contribution in [0.1, 0.15) is 19.8 Å². The minimum atomic E-state index is -3.76. The van der Waals surface area contributed by atoms with Crippen LogP contribution in [0, 0.1) is 3.57 Å². The third-order valence-electron chi connectivity index (χ3n) is 3.44. The maximum Gasteiger partial charge on any atom is 0.324 e.